The number of H-pyrrole nitrogens is 1. The molecule has 1 saturated heterocycles. The molecule has 0 saturated carbocycles. The molecule has 0 radical (unpaired) electrons. The molecule has 11 heteroatoms. The summed E-state index contributed by atoms with van der Waals surface area (Å²) < 4.78 is 6.41. The lowest BCUT2D eigenvalue weighted by molar-refractivity contribution is 0.0704. The molecule has 3 aromatic rings. The molecule has 11 nitrogen and oxygen atoms in total. The van der Waals surface area contributed by atoms with E-state index in [-0.39, 0.29) is 11.8 Å². The Bertz CT molecular complexity index is 829. The van der Waals surface area contributed by atoms with E-state index in [2.05, 4.69) is 35.9 Å². The number of likely N-dealkylation sites (tertiary alicyclic amines) is 1. The number of aromatic amines is 1. The number of aromatic nitrogens is 8. The summed E-state index contributed by atoms with van der Waals surface area (Å²) in [5.41, 5.74) is 0.411. The summed E-state index contributed by atoms with van der Waals surface area (Å²) in [5.74, 6) is 1.90. The molecule has 1 N–H and O–H groups in total. The number of nitrogens with zero attached hydrogens (tertiary/aromatic N) is 8. The van der Waals surface area contributed by atoms with Gasteiger partial charge in [-0.05, 0) is 23.3 Å². The number of piperidine rings is 1. The summed E-state index contributed by atoms with van der Waals surface area (Å²) in [4.78, 5) is 18.6. The van der Waals surface area contributed by atoms with Crippen LogP contribution in [0.3, 0.4) is 0 Å². The monoisotopic (exact) mass is 329 g/mol. The molecule has 0 spiro atoms. The van der Waals surface area contributed by atoms with Gasteiger partial charge in [0, 0.05) is 32.0 Å². The van der Waals surface area contributed by atoms with Gasteiger partial charge in [0.05, 0.1) is 0 Å². The van der Waals surface area contributed by atoms with Gasteiger partial charge in [0.15, 0.2) is 11.6 Å². The number of carbonyl (C=O) groups is 1. The maximum atomic E-state index is 12.6. The molecule has 1 aliphatic rings. The molecule has 0 atom stereocenters. The van der Waals surface area contributed by atoms with E-state index in [0.717, 1.165) is 18.7 Å². The minimum absolute atomic E-state index is 0.0930. The second-order valence-corrected chi connectivity index (χ2v) is 5.63. The molecule has 1 amide bonds. The molecule has 4 heterocycles. The number of nitrogens with one attached hydrogen (secondary N) is 1. The molecule has 0 aliphatic carbocycles. The maximum absolute atomic E-state index is 12.6. The Kier molecular flexibility index (Phi) is 3.52. The van der Waals surface area contributed by atoms with Crippen molar-refractivity contribution >= 4 is 5.91 Å². The van der Waals surface area contributed by atoms with Crippen LogP contribution < -0.4 is 0 Å². The Balaban J connectivity index is 1.41. The van der Waals surface area contributed by atoms with Crippen LogP contribution in [0.5, 0.6) is 0 Å². The van der Waals surface area contributed by atoms with Crippen LogP contribution in [0.25, 0.3) is 5.82 Å². The van der Waals surface area contributed by atoms with Gasteiger partial charge in [-0.15, -0.1) is 5.10 Å². The minimum Gasteiger partial charge on any atom is -0.340 e. The number of aryl methyl sites for hydroxylation is 1. The van der Waals surface area contributed by atoms with Crippen molar-refractivity contribution in [2.45, 2.75) is 25.7 Å². The van der Waals surface area contributed by atoms with Crippen molar-refractivity contribution in [3.8, 4) is 5.82 Å². The molecular formula is C13H15N9O2. The number of hydrogen-bond donors (Lipinski definition) is 1. The summed E-state index contributed by atoms with van der Waals surface area (Å²) in [6, 6.07) is 1.63. The summed E-state index contributed by atoms with van der Waals surface area (Å²) >= 11 is 0. The van der Waals surface area contributed by atoms with Gasteiger partial charge < -0.3 is 9.42 Å². The number of tetrazole rings is 1. The van der Waals surface area contributed by atoms with Crippen molar-refractivity contribution in [3.05, 3.63) is 29.8 Å². The summed E-state index contributed by atoms with van der Waals surface area (Å²) in [7, 11) is 0. The van der Waals surface area contributed by atoms with Crippen LogP contribution >= 0.6 is 0 Å². The van der Waals surface area contributed by atoms with Crippen LogP contribution in [0.4, 0.5) is 0 Å². The van der Waals surface area contributed by atoms with Crippen LogP contribution in [0.1, 0.15) is 41.0 Å². The van der Waals surface area contributed by atoms with E-state index in [1.54, 1.807) is 17.9 Å². The first-order valence-corrected chi connectivity index (χ1v) is 7.59. The Hall–Kier alpha value is -3.11. The first kappa shape index (κ1) is 14.5. The number of hydrogen-bond acceptors (Lipinski definition) is 8. The van der Waals surface area contributed by atoms with Crippen LogP contribution in [-0.4, -0.2) is 64.4 Å². The first-order valence-electron chi connectivity index (χ1n) is 7.59. The van der Waals surface area contributed by atoms with E-state index < -0.39 is 0 Å². The largest absolute Gasteiger partial charge is 0.340 e. The van der Waals surface area contributed by atoms with Crippen molar-refractivity contribution < 1.29 is 9.32 Å². The van der Waals surface area contributed by atoms with Crippen molar-refractivity contribution in [1.82, 2.24) is 45.4 Å². The average Bonchev–Trinajstić information content (AvgIpc) is 3.35. The van der Waals surface area contributed by atoms with Gasteiger partial charge >= 0.3 is 0 Å². The highest BCUT2D eigenvalue weighted by Gasteiger charge is 2.28. The lowest BCUT2D eigenvalue weighted by Gasteiger charge is -2.30. The Morgan fingerprint density at radius 1 is 1.38 bits per heavy atom. The van der Waals surface area contributed by atoms with Crippen molar-refractivity contribution in [3.63, 3.8) is 0 Å². The molecule has 24 heavy (non-hydrogen) atoms. The quantitative estimate of drug-likeness (QED) is 0.715. The summed E-state index contributed by atoms with van der Waals surface area (Å²) in [6.07, 6.45) is 3.03. The van der Waals surface area contributed by atoms with Crippen LogP contribution in [0, 0.1) is 6.92 Å². The number of rotatable bonds is 3. The fraction of sp³-hybridized carbons (Fsp3) is 0.462. The van der Waals surface area contributed by atoms with E-state index in [0.29, 0.717) is 30.5 Å². The molecule has 0 bridgehead atoms. The first-order chi connectivity index (χ1) is 11.7. The third-order valence-corrected chi connectivity index (χ3v) is 4.07. The van der Waals surface area contributed by atoms with Gasteiger partial charge in [-0.1, -0.05) is 5.16 Å². The summed E-state index contributed by atoms with van der Waals surface area (Å²) in [6.45, 7) is 3.04. The van der Waals surface area contributed by atoms with Crippen LogP contribution in [0.15, 0.2) is 16.9 Å². The smallest absolute Gasteiger partial charge is 0.271 e. The normalized spacial score (nSPS) is 15.8. The predicted octanol–water partition coefficient (Wildman–Crippen LogP) is 0.0966. The van der Waals surface area contributed by atoms with Crippen LogP contribution in [-0.2, 0) is 0 Å². The van der Waals surface area contributed by atoms with Crippen molar-refractivity contribution in [2.24, 2.45) is 0 Å². The van der Waals surface area contributed by atoms with Crippen LogP contribution in [0.2, 0.25) is 0 Å². The zero-order valence-corrected chi connectivity index (χ0v) is 13.0. The zero-order chi connectivity index (χ0) is 16.5. The second-order valence-electron chi connectivity index (χ2n) is 5.63. The zero-order valence-electron chi connectivity index (χ0n) is 13.0. The number of amides is 1. The highest BCUT2D eigenvalue weighted by molar-refractivity contribution is 5.92. The topological polar surface area (TPSA) is 132 Å². The lowest BCUT2D eigenvalue weighted by atomic mass is 9.96. The fourth-order valence-electron chi connectivity index (χ4n) is 2.80. The van der Waals surface area contributed by atoms with E-state index in [1.165, 1.54) is 11.0 Å². The molecular weight excluding hydrogens is 314 g/mol. The third kappa shape index (κ3) is 2.64. The maximum Gasteiger partial charge on any atom is 0.271 e. The van der Waals surface area contributed by atoms with Gasteiger partial charge in [-0.2, -0.15) is 14.8 Å². The van der Waals surface area contributed by atoms with Crippen molar-refractivity contribution in [2.75, 3.05) is 13.1 Å². The molecule has 0 unspecified atom stereocenters. The predicted molar refractivity (Wildman–Crippen MR) is 78.2 cm³/mol. The Labute approximate surface area is 136 Å². The van der Waals surface area contributed by atoms with Gasteiger partial charge in [0.25, 0.3) is 5.91 Å². The SMILES string of the molecule is Cc1nc(C2CCN(C(=O)c3cc(-n4cnnn4)n[nH]3)CC2)no1. The lowest BCUT2D eigenvalue weighted by Crippen LogP contribution is -2.38. The molecule has 4 rings (SSSR count). The Morgan fingerprint density at radius 3 is 2.88 bits per heavy atom. The van der Waals surface area contributed by atoms with E-state index in [4.69, 9.17) is 4.52 Å². The van der Waals surface area contributed by atoms with E-state index in [9.17, 15) is 4.79 Å². The average molecular weight is 329 g/mol. The minimum atomic E-state index is -0.0930. The number of carbonyl (C=O) groups excluding carboxylic acids is 1. The molecule has 1 fully saturated rings. The highest BCUT2D eigenvalue weighted by atomic mass is 16.5. The summed E-state index contributed by atoms with van der Waals surface area (Å²) in [5, 5.41) is 21.6. The van der Waals surface area contributed by atoms with Gasteiger partial charge in [0.2, 0.25) is 5.89 Å². The van der Waals surface area contributed by atoms with Gasteiger partial charge in [-0.3, -0.25) is 9.89 Å². The standard InChI is InChI=1S/C13H15N9O2/c1-8-15-12(18-24-8)9-2-4-21(5-3-9)13(23)10-6-11(17-16-10)22-7-14-19-20-22/h6-7,9H,2-5H2,1H3,(H,16,17). The van der Waals surface area contributed by atoms with E-state index >= 15 is 0 Å². The Morgan fingerprint density at radius 2 is 2.21 bits per heavy atom. The molecule has 124 valence electrons. The fourth-order valence-corrected chi connectivity index (χ4v) is 2.80. The second kappa shape index (κ2) is 5.83. The van der Waals surface area contributed by atoms with Crippen molar-refractivity contribution in [1.29, 1.82) is 0 Å². The van der Waals surface area contributed by atoms with Gasteiger partial charge in [-0.25, -0.2) is 0 Å². The molecule has 3 aromatic heterocycles. The highest BCUT2D eigenvalue weighted by Crippen LogP contribution is 2.26. The molecule has 1 aliphatic heterocycles. The van der Waals surface area contributed by atoms with E-state index in [1.807, 2.05) is 0 Å². The molecule has 0 aromatic carbocycles. The van der Waals surface area contributed by atoms with Gasteiger partial charge in [0.1, 0.15) is 12.0 Å². The third-order valence-electron chi connectivity index (χ3n) is 4.07.